The van der Waals surface area contributed by atoms with Crippen molar-refractivity contribution in [1.29, 1.82) is 0 Å². The van der Waals surface area contributed by atoms with Crippen molar-refractivity contribution in [2.45, 2.75) is 51.3 Å². The lowest BCUT2D eigenvalue weighted by atomic mass is 9.97. The minimum absolute atomic E-state index is 0.133. The number of likely N-dealkylation sites (tertiary alicyclic amines) is 1. The van der Waals surface area contributed by atoms with Gasteiger partial charge in [0.25, 0.3) is 0 Å². The fourth-order valence-corrected chi connectivity index (χ4v) is 5.38. The van der Waals surface area contributed by atoms with Gasteiger partial charge < -0.3 is 20.3 Å². The van der Waals surface area contributed by atoms with Gasteiger partial charge in [-0.3, -0.25) is 14.5 Å². The Bertz CT molecular complexity index is 1060. The lowest BCUT2D eigenvalue weighted by molar-refractivity contribution is -0.214. The number of hydrogen-bond donors (Lipinski definition) is 2. The van der Waals surface area contributed by atoms with E-state index in [9.17, 15) is 9.59 Å². The summed E-state index contributed by atoms with van der Waals surface area (Å²) in [4.78, 5) is 34.2. The zero-order valence-electron chi connectivity index (χ0n) is 20.5. The molecule has 0 spiro atoms. The smallest absolute Gasteiger partial charge is 0.239 e. The molecule has 186 valence electrons. The molecule has 2 N–H and O–H groups in total. The van der Waals surface area contributed by atoms with Crippen LogP contribution in [-0.2, 0) is 27.6 Å². The molecule has 1 amide bonds. The summed E-state index contributed by atoms with van der Waals surface area (Å²) in [6, 6.07) is 6.05. The first kappa shape index (κ1) is 23.8. The van der Waals surface area contributed by atoms with Crippen molar-refractivity contribution in [3.63, 3.8) is 0 Å². The number of likely N-dealkylation sites (N-methyl/N-ethyl adjacent to an activating group) is 1. The van der Waals surface area contributed by atoms with Crippen molar-refractivity contribution in [3.05, 3.63) is 64.5 Å². The van der Waals surface area contributed by atoms with Crippen LogP contribution in [0.25, 0.3) is 5.70 Å². The summed E-state index contributed by atoms with van der Waals surface area (Å²) in [6.07, 6.45) is 12.2. The third kappa shape index (κ3) is 5.19. The highest BCUT2D eigenvalue weighted by Gasteiger charge is 2.30. The van der Waals surface area contributed by atoms with Gasteiger partial charge in [-0.2, -0.15) is 5.06 Å². The molecule has 1 aromatic carbocycles. The lowest BCUT2D eigenvalue weighted by Gasteiger charge is -2.34. The Labute approximate surface area is 207 Å². The third-order valence-corrected chi connectivity index (χ3v) is 7.28. The maximum atomic E-state index is 12.5. The number of amides is 1. The van der Waals surface area contributed by atoms with Crippen LogP contribution in [0, 0.1) is 0 Å². The Morgan fingerprint density at radius 1 is 1.20 bits per heavy atom. The molecule has 8 nitrogen and oxygen atoms in total. The van der Waals surface area contributed by atoms with Crippen molar-refractivity contribution >= 4 is 17.9 Å². The van der Waals surface area contributed by atoms with E-state index in [1.54, 1.807) is 12.1 Å². The number of piperidine rings is 1. The lowest BCUT2D eigenvalue weighted by Crippen LogP contribution is -2.47. The number of carbonyl (C=O) groups excluding carboxylic acids is 2. The molecule has 0 bridgehead atoms. The molecular weight excluding hydrogens is 442 g/mol. The summed E-state index contributed by atoms with van der Waals surface area (Å²) in [7, 11) is 1.62. The Hall–Kier alpha value is -2.94. The summed E-state index contributed by atoms with van der Waals surface area (Å²) in [5.74, 6) is -0.133. The average Bonchev–Trinajstić information content (AvgIpc) is 3.37. The van der Waals surface area contributed by atoms with Crippen molar-refractivity contribution < 1.29 is 14.4 Å². The van der Waals surface area contributed by atoms with Gasteiger partial charge in [-0.05, 0) is 72.8 Å². The molecule has 4 aliphatic heterocycles. The van der Waals surface area contributed by atoms with Gasteiger partial charge in [-0.25, -0.2) is 0 Å². The van der Waals surface area contributed by atoms with E-state index in [-0.39, 0.29) is 5.91 Å². The number of allylic oxidation sites excluding steroid dienone is 1. The molecule has 0 radical (unpaired) electrons. The molecule has 1 atom stereocenters. The number of hydroxylamine groups is 2. The second-order valence-corrected chi connectivity index (χ2v) is 9.65. The number of nitrogens with one attached hydrogen (secondary N) is 2. The van der Waals surface area contributed by atoms with Crippen LogP contribution in [0.5, 0.6) is 0 Å². The van der Waals surface area contributed by atoms with Crippen LogP contribution >= 0.6 is 0 Å². The van der Waals surface area contributed by atoms with Crippen molar-refractivity contribution in [3.8, 4) is 0 Å². The van der Waals surface area contributed by atoms with Gasteiger partial charge in [-0.15, -0.1) is 0 Å². The maximum absolute atomic E-state index is 12.5. The zero-order valence-corrected chi connectivity index (χ0v) is 20.5. The summed E-state index contributed by atoms with van der Waals surface area (Å²) < 4.78 is 0. The monoisotopic (exact) mass is 477 g/mol. The second-order valence-electron chi connectivity index (χ2n) is 9.65. The molecule has 1 saturated heterocycles. The summed E-state index contributed by atoms with van der Waals surface area (Å²) in [6.45, 7) is 5.00. The first-order valence-corrected chi connectivity index (χ1v) is 12.7. The zero-order chi connectivity index (χ0) is 24.2. The predicted octanol–water partition coefficient (Wildman–Crippen LogP) is 2.50. The van der Waals surface area contributed by atoms with Crippen LogP contribution in [-0.4, -0.2) is 66.4 Å². The minimum Gasteiger partial charge on any atom is -0.372 e. The summed E-state index contributed by atoms with van der Waals surface area (Å²) in [5.41, 5.74) is 7.18. The average molecular weight is 478 g/mol. The second kappa shape index (κ2) is 10.8. The van der Waals surface area contributed by atoms with Gasteiger partial charge in [0.2, 0.25) is 5.91 Å². The maximum Gasteiger partial charge on any atom is 0.239 e. The highest BCUT2D eigenvalue weighted by molar-refractivity contribution is 5.81. The molecule has 1 unspecified atom stereocenters. The topological polar surface area (TPSA) is 77.2 Å². The van der Waals surface area contributed by atoms with Crippen LogP contribution in [0.3, 0.4) is 0 Å². The van der Waals surface area contributed by atoms with Crippen LogP contribution in [0.2, 0.25) is 0 Å². The molecule has 1 fully saturated rings. The van der Waals surface area contributed by atoms with Gasteiger partial charge in [0, 0.05) is 26.2 Å². The van der Waals surface area contributed by atoms with Gasteiger partial charge in [0.15, 0.2) is 0 Å². The van der Waals surface area contributed by atoms with Crippen molar-refractivity contribution in [1.82, 2.24) is 25.5 Å². The SMILES string of the molecule is CNC(=O)C(CCC=O)N1Cc2cc(C3=CC(CN4CCCCC4)=CC4=CNCN43)ccc2CO1. The Balaban J connectivity index is 1.39. The number of hydrogen-bond acceptors (Lipinski definition) is 7. The van der Waals surface area contributed by atoms with Gasteiger partial charge in [0.05, 0.1) is 31.2 Å². The Kier molecular flexibility index (Phi) is 7.32. The first-order chi connectivity index (χ1) is 17.2. The third-order valence-electron chi connectivity index (χ3n) is 7.28. The number of aldehydes is 1. The van der Waals surface area contributed by atoms with E-state index in [2.05, 4.69) is 57.0 Å². The fourth-order valence-electron chi connectivity index (χ4n) is 5.38. The standard InChI is InChI=1S/C27H35N5O3/c1-28-27(34)25(6-5-11-33)32-17-23-14-21(7-8-22(23)18-35-32)26-13-20(12-24-15-29-19-31(24)26)16-30-9-3-2-4-10-30/h7-8,11-15,25,29H,2-6,9-10,16-19H2,1H3,(H,28,34). The summed E-state index contributed by atoms with van der Waals surface area (Å²) in [5, 5.41) is 7.81. The van der Waals surface area contributed by atoms with E-state index in [0.717, 1.165) is 36.2 Å². The summed E-state index contributed by atoms with van der Waals surface area (Å²) >= 11 is 0. The van der Waals surface area contributed by atoms with E-state index < -0.39 is 6.04 Å². The highest BCUT2D eigenvalue weighted by Crippen LogP contribution is 2.34. The van der Waals surface area contributed by atoms with Gasteiger partial charge in [-0.1, -0.05) is 18.6 Å². The number of fused-ring (bicyclic) bond motifs is 2. The quantitative estimate of drug-likeness (QED) is 0.557. The predicted molar refractivity (Wildman–Crippen MR) is 134 cm³/mol. The van der Waals surface area contributed by atoms with Crippen LogP contribution in [0.1, 0.15) is 48.8 Å². The Morgan fingerprint density at radius 2 is 2.06 bits per heavy atom. The van der Waals surface area contributed by atoms with E-state index in [1.807, 2.05) is 0 Å². The van der Waals surface area contributed by atoms with E-state index in [4.69, 9.17) is 4.84 Å². The van der Waals surface area contributed by atoms with Gasteiger partial charge >= 0.3 is 0 Å². The normalized spacial score (nSPS) is 21.2. The molecule has 0 saturated carbocycles. The van der Waals surface area contributed by atoms with Crippen LogP contribution in [0.15, 0.2) is 47.8 Å². The molecule has 4 heterocycles. The van der Waals surface area contributed by atoms with Crippen LogP contribution in [0.4, 0.5) is 0 Å². The fraction of sp³-hybridized carbons (Fsp3) is 0.481. The molecule has 0 aliphatic carbocycles. The van der Waals surface area contributed by atoms with Crippen molar-refractivity contribution in [2.75, 3.05) is 33.4 Å². The van der Waals surface area contributed by atoms with Gasteiger partial charge in [0.1, 0.15) is 12.3 Å². The van der Waals surface area contributed by atoms with Crippen LogP contribution < -0.4 is 10.6 Å². The minimum atomic E-state index is -0.493. The van der Waals surface area contributed by atoms with E-state index in [0.29, 0.717) is 26.0 Å². The number of nitrogens with zero attached hydrogens (tertiary/aromatic N) is 3. The molecule has 1 aromatic rings. The molecule has 35 heavy (non-hydrogen) atoms. The number of carbonyl (C=O) groups is 2. The largest absolute Gasteiger partial charge is 0.372 e. The molecule has 4 aliphatic rings. The highest BCUT2D eigenvalue weighted by atomic mass is 16.7. The first-order valence-electron chi connectivity index (χ1n) is 12.7. The molecule has 0 aromatic heterocycles. The number of rotatable bonds is 8. The molecule has 5 rings (SSSR count). The molecule has 8 heteroatoms. The van der Waals surface area contributed by atoms with E-state index in [1.165, 1.54) is 49.3 Å². The Morgan fingerprint density at radius 3 is 2.86 bits per heavy atom. The number of benzene rings is 1. The van der Waals surface area contributed by atoms with E-state index >= 15 is 0 Å². The molecular formula is C27H35N5O3. The van der Waals surface area contributed by atoms with Crippen molar-refractivity contribution in [2.24, 2.45) is 0 Å².